The smallest absolute Gasteiger partial charge is 0.412 e. The molecule has 1 rings (SSSR count). The predicted molar refractivity (Wildman–Crippen MR) is 75.8 cm³/mol. The van der Waals surface area contributed by atoms with Crippen molar-refractivity contribution in [3.63, 3.8) is 0 Å². The summed E-state index contributed by atoms with van der Waals surface area (Å²) in [5.74, 6) is -2.57. The van der Waals surface area contributed by atoms with Gasteiger partial charge in [0.05, 0.1) is 5.92 Å². The summed E-state index contributed by atoms with van der Waals surface area (Å²) >= 11 is 0. The zero-order valence-corrected chi connectivity index (χ0v) is 12.5. The Balaban J connectivity index is 2.93. The molecule has 0 aliphatic heterocycles. The van der Waals surface area contributed by atoms with Crippen molar-refractivity contribution in [1.82, 2.24) is 0 Å². The summed E-state index contributed by atoms with van der Waals surface area (Å²) in [5, 5.41) is 12.1. The molecule has 4 N–H and O–H groups in total. The van der Waals surface area contributed by atoms with Gasteiger partial charge in [0.25, 0.3) is 0 Å². The van der Waals surface area contributed by atoms with E-state index in [0.29, 0.717) is 0 Å². The van der Waals surface area contributed by atoms with E-state index in [1.54, 1.807) is 20.8 Å². The average molecular weight is 320 g/mol. The van der Waals surface area contributed by atoms with Crippen molar-refractivity contribution in [2.75, 3.05) is 11.9 Å². The van der Waals surface area contributed by atoms with Crippen LogP contribution in [0.25, 0.3) is 0 Å². The van der Waals surface area contributed by atoms with E-state index in [4.69, 9.17) is 10.5 Å². The van der Waals surface area contributed by atoms with Crippen molar-refractivity contribution in [3.8, 4) is 5.75 Å². The van der Waals surface area contributed by atoms with Crippen LogP contribution in [0.2, 0.25) is 0 Å². The number of rotatable bonds is 3. The minimum absolute atomic E-state index is 0.119. The van der Waals surface area contributed by atoms with Crippen LogP contribution in [0.4, 0.5) is 23.7 Å². The molecule has 1 atom stereocenters. The molecule has 0 fully saturated rings. The number of alkyl halides is 3. The molecule has 0 heterocycles. The van der Waals surface area contributed by atoms with E-state index < -0.39 is 36.1 Å². The number of aromatic hydroxyl groups is 1. The maximum absolute atomic E-state index is 12.8. The molecule has 0 bridgehead atoms. The number of halogens is 3. The van der Waals surface area contributed by atoms with Crippen LogP contribution in [0.3, 0.4) is 0 Å². The standard InChI is InChI=1S/C14H19F3N2O3/c1-13(2,3)22-12(21)19-8-4-5-9(11(20)6-8)10(7-18)14(15,16)17/h4-6,10,20H,7,18H2,1-3H3,(H,19,21). The lowest BCUT2D eigenvalue weighted by Gasteiger charge is -2.21. The summed E-state index contributed by atoms with van der Waals surface area (Å²) in [7, 11) is 0. The van der Waals surface area contributed by atoms with Crippen molar-refractivity contribution >= 4 is 11.8 Å². The van der Waals surface area contributed by atoms with Crippen LogP contribution >= 0.6 is 0 Å². The number of hydrogen-bond acceptors (Lipinski definition) is 4. The molecule has 1 aromatic carbocycles. The van der Waals surface area contributed by atoms with E-state index in [0.717, 1.165) is 12.1 Å². The Morgan fingerprint density at radius 1 is 1.36 bits per heavy atom. The zero-order valence-electron chi connectivity index (χ0n) is 12.5. The number of nitrogens with two attached hydrogens (primary N) is 1. The van der Waals surface area contributed by atoms with Gasteiger partial charge in [-0.2, -0.15) is 13.2 Å². The third-order valence-corrected chi connectivity index (χ3v) is 2.68. The number of hydrogen-bond donors (Lipinski definition) is 3. The number of carbonyl (C=O) groups is 1. The van der Waals surface area contributed by atoms with Crippen molar-refractivity contribution in [2.24, 2.45) is 5.73 Å². The Morgan fingerprint density at radius 2 is 1.95 bits per heavy atom. The van der Waals surface area contributed by atoms with Crippen molar-refractivity contribution in [1.29, 1.82) is 0 Å². The highest BCUT2D eigenvalue weighted by atomic mass is 19.4. The predicted octanol–water partition coefficient (Wildman–Crippen LogP) is 3.34. The van der Waals surface area contributed by atoms with Crippen molar-refractivity contribution in [2.45, 2.75) is 38.5 Å². The van der Waals surface area contributed by atoms with Gasteiger partial charge in [0.15, 0.2) is 0 Å². The maximum Gasteiger partial charge on any atom is 0.412 e. The SMILES string of the molecule is CC(C)(C)OC(=O)Nc1ccc(C(CN)C(F)(F)F)c(O)c1. The molecule has 0 radical (unpaired) electrons. The van der Waals surface area contributed by atoms with Crippen molar-refractivity contribution in [3.05, 3.63) is 23.8 Å². The van der Waals surface area contributed by atoms with Gasteiger partial charge in [-0.05, 0) is 26.8 Å². The second-order valence-corrected chi connectivity index (χ2v) is 5.73. The Labute approximate surface area is 126 Å². The van der Waals surface area contributed by atoms with Crippen LogP contribution in [-0.2, 0) is 4.74 Å². The number of amides is 1. The first kappa shape index (κ1) is 18.1. The van der Waals surface area contributed by atoms with Gasteiger partial charge in [-0.3, -0.25) is 5.32 Å². The van der Waals surface area contributed by atoms with Gasteiger partial charge < -0.3 is 15.6 Å². The van der Waals surface area contributed by atoms with E-state index in [2.05, 4.69) is 5.32 Å². The van der Waals surface area contributed by atoms with Crippen LogP contribution in [0.1, 0.15) is 32.3 Å². The lowest BCUT2D eigenvalue weighted by Crippen LogP contribution is -2.28. The first-order chi connectivity index (χ1) is 9.94. The quantitative estimate of drug-likeness (QED) is 0.797. The van der Waals surface area contributed by atoms with Crippen LogP contribution < -0.4 is 11.1 Å². The summed E-state index contributed by atoms with van der Waals surface area (Å²) < 4.78 is 43.4. The maximum atomic E-state index is 12.8. The molecular weight excluding hydrogens is 301 g/mol. The molecule has 1 aromatic rings. The molecule has 0 saturated heterocycles. The number of anilines is 1. The Morgan fingerprint density at radius 3 is 2.36 bits per heavy atom. The fourth-order valence-corrected chi connectivity index (χ4v) is 1.77. The van der Waals surface area contributed by atoms with E-state index in [1.807, 2.05) is 0 Å². The lowest BCUT2D eigenvalue weighted by molar-refractivity contribution is -0.148. The van der Waals surface area contributed by atoms with E-state index >= 15 is 0 Å². The van der Waals surface area contributed by atoms with Gasteiger partial charge >= 0.3 is 12.3 Å². The summed E-state index contributed by atoms with van der Waals surface area (Å²) in [6.07, 6.45) is -5.34. The fraction of sp³-hybridized carbons (Fsp3) is 0.500. The van der Waals surface area contributed by atoms with E-state index in [-0.39, 0.29) is 11.3 Å². The number of ether oxygens (including phenoxy) is 1. The first-order valence-electron chi connectivity index (χ1n) is 6.53. The highest BCUT2D eigenvalue weighted by molar-refractivity contribution is 5.85. The molecular formula is C14H19F3N2O3. The molecule has 0 aromatic heterocycles. The normalized spacial score (nSPS) is 13.6. The minimum Gasteiger partial charge on any atom is -0.508 e. The van der Waals surface area contributed by atoms with E-state index in [1.165, 1.54) is 6.07 Å². The molecule has 0 aliphatic carbocycles. The van der Waals surface area contributed by atoms with Crippen LogP contribution in [-0.4, -0.2) is 29.5 Å². The zero-order chi connectivity index (χ0) is 17.1. The van der Waals surface area contributed by atoms with Crippen molar-refractivity contribution < 1.29 is 27.8 Å². The number of nitrogens with one attached hydrogen (secondary N) is 1. The summed E-state index contributed by atoms with van der Waals surface area (Å²) in [6, 6.07) is 3.34. The molecule has 0 saturated carbocycles. The number of carbonyl (C=O) groups excluding carboxylic acids is 1. The first-order valence-corrected chi connectivity index (χ1v) is 6.53. The molecule has 1 unspecified atom stereocenters. The number of benzene rings is 1. The fourth-order valence-electron chi connectivity index (χ4n) is 1.77. The molecule has 0 spiro atoms. The Kier molecular flexibility index (Phi) is 5.29. The lowest BCUT2D eigenvalue weighted by atomic mass is 9.97. The molecule has 8 heteroatoms. The molecule has 0 aliphatic rings. The monoisotopic (exact) mass is 320 g/mol. The van der Waals surface area contributed by atoms with Gasteiger partial charge in [0.1, 0.15) is 11.4 Å². The van der Waals surface area contributed by atoms with E-state index in [9.17, 15) is 23.1 Å². The Hall–Kier alpha value is -1.96. The molecule has 22 heavy (non-hydrogen) atoms. The van der Waals surface area contributed by atoms with Crippen LogP contribution in [0.5, 0.6) is 5.75 Å². The molecule has 1 amide bonds. The summed E-state index contributed by atoms with van der Waals surface area (Å²) in [6.45, 7) is 4.32. The topological polar surface area (TPSA) is 84.6 Å². The third-order valence-electron chi connectivity index (χ3n) is 2.68. The number of phenolic OH excluding ortho intramolecular Hbond substituents is 1. The third kappa shape index (κ3) is 5.10. The van der Waals surface area contributed by atoms with Gasteiger partial charge in [0, 0.05) is 23.9 Å². The molecule has 5 nitrogen and oxygen atoms in total. The second-order valence-electron chi connectivity index (χ2n) is 5.73. The Bertz CT molecular complexity index is 539. The van der Waals surface area contributed by atoms with Gasteiger partial charge in [-0.25, -0.2) is 4.79 Å². The van der Waals surface area contributed by atoms with Gasteiger partial charge in [-0.15, -0.1) is 0 Å². The molecule has 124 valence electrons. The summed E-state index contributed by atoms with van der Waals surface area (Å²) in [4.78, 5) is 11.6. The number of phenols is 1. The second kappa shape index (κ2) is 6.43. The average Bonchev–Trinajstić information content (AvgIpc) is 2.28. The van der Waals surface area contributed by atoms with Crippen LogP contribution in [0.15, 0.2) is 18.2 Å². The minimum atomic E-state index is -4.56. The largest absolute Gasteiger partial charge is 0.508 e. The van der Waals surface area contributed by atoms with Crippen LogP contribution in [0, 0.1) is 0 Å². The highest BCUT2D eigenvalue weighted by Crippen LogP contribution is 2.38. The highest BCUT2D eigenvalue weighted by Gasteiger charge is 2.41. The van der Waals surface area contributed by atoms with Gasteiger partial charge in [-0.1, -0.05) is 6.07 Å². The van der Waals surface area contributed by atoms with Gasteiger partial charge in [0.2, 0.25) is 0 Å². The summed E-state index contributed by atoms with van der Waals surface area (Å²) in [5.41, 5.74) is 4.19.